The van der Waals surface area contributed by atoms with Gasteiger partial charge in [-0.2, -0.15) is 0 Å². The number of amides is 3. The topological polar surface area (TPSA) is 237 Å². The van der Waals surface area contributed by atoms with E-state index in [0.29, 0.717) is 0 Å². The SMILES string of the molecule is CC(O)[C@H](NC(=O)C(CC(=O)O)NC(=O)CNC(=O)c1cc([N+](=O)[O-])ccc1NCc1ccccc1)C(=O)O. The van der Waals surface area contributed by atoms with Gasteiger partial charge < -0.3 is 36.6 Å². The Hall–Kier alpha value is -5.05. The molecule has 0 aromatic heterocycles. The van der Waals surface area contributed by atoms with Crippen molar-refractivity contribution in [2.45, 2.75) is 38.1 Å². The van der Waals surface area contributed by atoms with Crippen molar-refractivity contribution in [3.8, 4) is 0 Å². The van der Waals surface area contributed by atoms with Crippen molar-refractivity contribution in [3.05, 3.63) is 69.8 Å². The molecule has 3 amide bonds. The number of nitro groups is 1. The maximum Gasteiger partial charge on any atom is 0.328 e. The molecule has 0 saturated carbocycles. The number of non-ortho nitro benzene ring substituents is 1. The van der Waals surface area contributed by atoms with Gasteiger partial charge >= 0.3 is 11.9 Å². The molecule has 0 aliphatic carbocycles. The van der Waals surface area contributed by atoms with Crippen LogP contribution in [0.25, 0.3) is 0 Å². The summed E-state index contributed by atoms with van der Waals surface area (Å²) in [6.45, 7) is 0.632. The van der Waals surface area contributed by atoms with Crippen molar-refractivity contribution in [1.82, 2.24) is 16.0 Å². The van der Waals surface area contributed by atoms with Crippen molar-refractivity contribution < 1.29 is 44.2 Å². The largest absolute Gasteiger partial charge is 0.481 e. The Morgan fingerprint density at radius 2 is 1.67 bits per heavy atom. The lowest BCUT2D eigenvalue weighted by Crippen LogP contribution is -2.56. The summed E-state index contributed by atoms with van der Waals surface area (Å²) < 4.78 is 0. The molecule has 0 bridgehead atoms. The number of carboxylic acids is 2. The van der Waals surface area contributed by atoms with Crippen molar-refractivity contribution in [3.63, 3.8) is 0 Å². The van der Waals surface area contributed by atoms with Crippen LogP contribution in [0.2, 0.25) is 0 Å². The van der Waals surface area contributed by atoms with E-state index >= 15 is 0 Å². The highest BCUT2D eigenvalue weighted by Gasteiger charge is 2.31. The van der Waals surface area contributed by atoms with Gasteiger partial charge in [0.05, 0.1) is 29.6 Å². The molecule has 0 aliphatic rings. The number of rotatable bonds is 14. The molecule has 2 rings (SSSR count). The molecule has 0 saturated heterocycles. The molecule has 0 aliphatic heterocycles. The van der Waals surface area contributed by atoms with Gasteiger partial charge in [0, 0.05) is 24.4 Å². The Morgan fingerprint density at radius 1 is 1.00 bits per heavy atom. The molecule has 0 heterocycles. The molecule has 15 heteroatoms. The summed E-state index contributed by atoms with van der Waals surface area (Å²) in [7, 11) is 0. The number of benzene rings is 2. The van der Waals surface area contributed by atoms with Crippen molar-refractivity contribution in [1.29, 1.82) is 0 Å². The number of aliphatic hydroxyl groups is 1. The molecule has 39 heavy (non-hydrogen) atoms. The lowest BCUT2D eigenvalue weighted by atomic mass is 10.1. The van der Waals surface area contributed by atoms with E-state index in [9.17, 15) is 39.2 Å². The summed E-state index contributed by atoms with van der Waals surface area (Å²) in [5.41, 5.74) is 0.585. The molecule has 0 radical (unpaired) electrons. The second kappa shape index (κ2) is 14.0. The number of carbonyl (C=O) groups is 5. The van der Waals surface area contributed by atoms with E-state index in [1.807, 2.05) is 35.6 Å². The molecule has 3 atom stereocenters. The van der Waals surface area contributed by atoms with E-state index in [0.717, 1.165) is 18.6 Å². The number of hydrogen-bond acceptors (Lipinski definition) is 9. The number of nitro benzene ring substituents is 1. The third kappa shape index (κ3) is 9.40. The molecule has 7 N–H and O–H groups in total. The van der Waals surface area contributed by atoms with Gasteiger partial charge in [0.2, 0.25) is 11.8 Å². The Kier molecular flexibility index (Phi) is 10.9. The number of nitrogens with zero attached hydrogens (tertiary/aromatic N) is 1. The number of anilines is 1. The normalized spacial score (nSPS) is 12.8. The average Bonchev–Trinajstić information content (AvgIpc) is 2.88. The summed E-state index contributed by atoms with van der Waals surface area (Å²) in [6, 6.07) is 9.15. The van der Waals surface area contributed by atoms with Crippen molar-refractivity contribution in [2.24, 2.45) is 0 Å². The zero-order valence-corrected chi connectivity index (χ0v) is 20.6. The van der Waals surface area contributed by atoms with Gasteiger partial charge in [-0.15, -0.1) is 0 Å². The van der Waals surface area contributed by atoms with Crippen LogP contribution in [0, 0.1) is 10.1 Å². The second-order valence-electron chi connectivity index (χ2n) is 8.29. The van der Waals surface area contributed by atoms with Crippen LogP contribution < -0.4 is 21.3 Å². The maximum absolute atomic E-state index is 12.8. The van der Waals surface area contributed by atoms with Crippen LogP contribution >= 0.6 is 0 Å². The van der Waals surface area contributed by atoms with Crippen LogP contribution in [0.4, 0.5) is 11.4 Å². The van der Waals surface area contributed by atoms with Crippen LogP contribution in [0.15, 0.2) is 48.5 Å². The van der Waals surface area contributed by atoms with Gasteiger partial charge in [-0.1, -0.05) is 30.3 Å². The predicted molar refractivity (Wildman–Crippen MR) is 135 cm³/mol. The lowest BCUT2D eigenvalue weighted by Gasteiger charge is -2.22. The standard InChI is InChI=1S/C24H27N5O10/c1-13(30)21(24(36)37)28-23(35)18(10-20(32)33)27-19(31)12-26-22(34)16-9-15(29(38)39)7-8-17(16)25-11-14-5-3-2-4-6-14/h2-9,13,18,21,25,30H,10-12H2,1H3,(H,26,34)(H,27,31)(H,28,35)(H,32,33)(H,36,37)/t13?,18?,21-/m0/s1. The average molecular weight is 546 g/mol. The quantitative estimate of drug-likeness (QED) is 0.122. The van der Waals surface area contributed by atoms with Gasteiger partial charge in [-0.05, 0) is 18.6 Å². The number of aliphatic carboxylic acids is 2. The number of aliphatic hydroxyl groups excluding tert-OH is 1. The number of carbonyl (C=O) groups excluding carboxylic acids is 3. The van der Waals surface area contributed by atoms with Gasteiger partial charge in [-0.25, -0.2) is 4.79 Å². The molecular formula is C24H27N5O10. The van der Waals surface area contributed by atoms with Crippen molar-refractivity contribution >= 4 is 41.0 Å². The molecule has 2 aromatic rings. The molecule has 208 valence electrons. The third-order valence-corrected chi connectivity index (χ3v) is 5.27. The zero-order chi connectivity index (χ0) is 29.1. The first kappa shape index (κ1) is 30.2. The first-order valence-electron chi connectivity index (χ1n) is 11.5. The number of nitrogens with one attached hydrogen (secondary N) is 4. The van der Waals surface area contributed by atoms with E-state index in [-0.39, 0.29) is 23.5 Å². The predicted octanol–water partition coefficient (Wildman–Crippen LogP) is -0.154. The third-order valence-electron chi connectivity index (χ3n) is 5.27. The fourth-order valence-electron chi connectivity index (χ4n) is 3.31. The smallest absolute Gasteiger partial charge is 0.328 e. The van der Waals surface area contributed by atoms with E-state index in [4.69, 9.17) is 10.2 Å². The molecule has 0 fully saturated rings. The summed E-state index contributed by atoms with van der Waals surface area (Å²) in [5.74, 6) is -6.13. The first-order valence-corrected chi connectivity index (χ1v) is 11.5. The number of carboxylic acid groups (broad SMARTS) is 2. The minimum atomic E-state index is -1.76. The molecule has 2 aromatic carbocycles. The van der Waals surface area contributed by atoms with Gasteiger partial charge in [0.15, 0.2) is 6.04 Å². The number of hydrogen-bond donors (Lipinski definition) is 7. The Bertz CT molecular complexity index is 1240. The van der Waals surface area contributed by atoms with Crippen LogP contribution in [0.1, 0.15) is 29.3 Å². The fourth-order valence-corrected chi connectivity index (χ4v) is 3.31. The van der Waals surface area contributed by atoms with Crippen molar-refractivity contribution in [2.75, 3.05) is 11.9 Å². The molecule has 0 spiro atoms. The van der Waals surface area contributed by atoms with Gasteiger partial charge in [0.25, 0.3) is 11.6 Å². The Balaban J connectivity index is 2.11. The highest BCUT2D eigenvalue weighted by molar-refractivity contribution is 6.02. The van der Waals surface area contributed by atoms with Gasteiger partial charge in [-0.3, -0.25) is 29.3 Å². The van der Waals surface area contributed by atoms with E-state index in [1.54, 1.807) is 0 Å². The zero-order valence-electron chi connectivity index (χ0n) is 20.6. The Labute approximate surface area is 221 Å². The highest BCUT2D eigenvalue weighted by Crippen LogP contribution is 2.23. The van der Waals surface area contributed by atoms with Crippen LogP contribution in [0.3, 0.4) is 0 Å². The summed E-state index contributed by atoms with van der Waals surface area (Å²) in [6.07, 6.45) is -2.44. The molecule has 15 nitrogen and oxygen atoms in total. The lowest BCUT2D eigenvalue weighted by molar-refractivity contribution is -0.384. The minimum absolute atomic E-state index is 0.144. The summed E-state index contributed by atoms with van der Waals surface area (Å²) >= 11 is 0. The van der Waals surface area contributed by atoms with Crippen LogP contribution in [0.5, 0.6) is 0 Å². The van der Waals surface area contributed by atoms with E-state index in [1.165, 1.54) is 12.1 Å². The first-order chi connectivity index (χ1) is 18.4. The summed E-state index contributed by atoms with van der Waals surface area (Å²) in [4.78, 5) is 70.5. The monoisotopic (exact) mass is 545 g/mol. The van der Waals surface area contributed by atoms with Crippen LogP contribution in [-0.2, 0) is 25.7 Å². The molecule has 2 unspecified atom stereocenters. The maximum atomic E-state index is 12.8. The van der Waals surface area contributed by atoms with E-state index in [2.05, 4.69) is 16.0 Å². The minimum Gasteiger partial charge on any atom is -0.481 e. The summed E-state index contributed by atoms with van der Waals surface area (Å²) in [5, 5.41) is 48.2. The molecular weight excluding hydrogens is 518 g/mol. The van der Waals surface area contributed by atoms with E-state index < -0.39 is 65.7 Å². The van der Waals surface area contributed by atoms with Crippen LogP contribution in [-0.4, -0.2) is 74.6 Å². The van der Waals surface area contributed by atoms with Gasteiger partial charge in [0.1, 0.15) is 6.04 Å². The second-order valence-corrected chi connectivity index (χ2v) is 8.29. The Morgan fingerprint density at radius 3 is 2.23 bits per heavy atom. The fraction of sp³-hybridized carbons (Fsp3) is 0.292. The highest BCUT2D eigenvalue weighted by atomic mass is 16.6.